The van der Waals surface area contributed by atoms with Gasteiger partial charge in [0.15, 0.2) is 0 Å². The summed E-state index contributed by atoms with van der Waals surface area (Å²) in [6.07, 6.45) is 8.41. The van der Waals surface area contributed by atoms with Crippen LogP contribution in [-0.2, 0) is 38.7 Å². The average molecular weight is 827 g/mol. The van der Waals surface area contributed by atoms with Gasteiger partial charge in [0.2, 0.25) is 0 Å². The Hall–Kier alpha value is -3.96. The first-order chi connectivity index (χ1) is 24.6. The molecule has 54 heavy (non-hydrogen) atoms. The average Bonchev–Trinajstić information content (AvgIpc) is 3.88. The van der Waals surface area contributed by atoms with Crippen LogP contribution in [0.4, 0.5) is 0 Å². The van der Waals surface area contributed by atoms with E-state index in [1.54, 1.807) is 0 Å². The summed E-state index contributed by atoms with van der Waals surface area (Å²) in [5.74, 6) is 0. The van der Waals surface area contributed by atoms with E-state index in [1.165, 1.54) is 22.3 Å². The van der Waals surface area contributed by atoms with Crippen LogP contribution in [0.15, 0.2) is 71.2 Å². The van der Waals surface area contributed by atoms with Crippen LogP contribution in [-0.4, -0.2) is 9.97 Å². The summed E-state index contributed by atoms with van der Waals surface area (Å²) in [7, 11) is 0. The van der Waals surface area contributed by atoms with Gasteiger partial charge in [0, 0.05) is 0 Å². The molecule has 0 N–H and O–H groups in total. The summed E-state index contributed by atoms with van der Waals surface area (Å²) in [6, 6.07) is 24.5. The van der Waals surface area contributed by atoms with Gasteiger partial charge in [0.25, 0.3) is 0 Å². The topological polar surface area (TPSA) is 54.0 Å². The summed E-state index contributed by atoms with van der Waals surface area (Å²) < 4.78 is 0.846. The maximum Gasteiger partial charge on any atom is 2.00 e. The van der Waals surface area contributed by atoms with E-state index >= 15 is 0 Å². The number of hydrogen-bond donors (Lipinski definition) is 0. The molecule has 2 aliphatic rings. The van der Waals surface area contributed by atoms with E-state index in [-0.39, 0.29) is 38.7 Å². The van der Waals surface area contributed by atoms with E-state index in [4.69, 9.17) is 19.9 Å². The molecule has 2 aromatic carbocycles. The van der Waals surface area contributed by atoms with Crippen molar-refractivity contribution < 1.29 is 17.1 Å². The summed E-state index contributed by atoms with van der Waals surface area (Å²) in [5.41, 5.74) is 16.2. The zero-order valence-electron chi connectivity index (χ0n) is 33.6. The van der Waals surface area contributed by atoms with Gasteiger partial charge in [-0.15, -0.1) is 22.1 Å². The van der Waals surface area contributed by atoms with Gasteiger partial charge in [0.05, 0.1) is 22.8 Å². The fourth-order valence-electron chi connectivity index (χ4n) is 6.86. The number of rotatable bonds is 2. The summed E-state index contributed by atoms with van der Waals surface area (Å²) in [6.45, 7) is 27.3. The van der Waals surface area contributed by atoms with Crippen molar-refractivity contribution in [2.75, 3.05) is 0 Å². The van der Waals surface area contributed by atoms with E-state index in [9.17, 15) is 0 Å². The fourth-order valence-corrected chi connectivity index (χ4v) is 7.30. The molecule has 7 rings (SSSR count). The Balaban J connectivity index is 0.00000497. The molecule has 281 valence electrons. The zero-order chi connectivity index (χ0) is 38.2. The first kappa shape index (κ1) is 39.7. The molecule has 5 aromatic rings. The Labute approximate surface area is 340 Å². The molecular weight excluding hydrogens is 776 g/mol. The molecule has 2 aliphatic heterocycles. The minimum absolute atomic E-state index is 0. The number of benzene rings is 2. The third kappa shape index (κ3) is 7.89. The predicted molar refractivity (Wildman–Crippen MR) is 230 cm³/mol. The molecule has 0 atom stereocenters. The van der Waals surface area contributed by atoms with Crippen molar-refractivity contribution in [3.8, 4) is 22.3 Å². The molecule has 0 aliphatic carbocycles. The van der Waals surface area contributed by atoms with Crippen molar-refractivity contribution in [1.29, 1.82) is 0 Å². The van der Waals surface area contributed by atoms with E-state index in [0.29, 0.717) is 0 Å². The van der Waals surface area contributed by atoms with E-state index in [0.717, 1.165) is 71.6 Å². The van der Waals surface area contributed by atoms with E-state index in [1.807, 2.05) is 0 Å². The van der Waals surface area contributed by atoms with Crippen molar-refractivity contribution in [1.82, 2.24) is 19.9 Å². The molecule has 1 radical (unpaired) electrons. The van der Waals surface area contributed by atoms with Crippen LogP contribution in [0.2, 0.25) is 0 Å². The molecule has 6 heteroatoms. The standard InChI is InChI=1S/C48H51BrN4.Cu/c1-45(2,3)30-21-28(22-31(25-30)46(4,5)6)42-36-15-13-34(50-36)27-35-14-16-37(51-35)43(29-23-32(47(7,8)9)26-33(24-29)48(10,11)12)39-18-20-41(53-39)44(49)40-19-17-38(42)52-40;/h13-27H,1-12H3;/q-2;+2. The van der Waals surface area contributed by atoms with Gasteiger partial charge in [-0.2, -0.15) is 0 Å². The number of fused-ring (bicyclic) bond motifs is 8. The number of hydrogen-bond acceptors (Lipinski definition) is 2. The molecule has 8 bridgehead atoms. The number of halogens is 1. The van der Waals surface area contributed by atoms with Gasteiger partial charge in [-0.25, -0.2) is 9.97 Å². The second-order valence-electron chi connectivity index (χ2n) is 18.7. The Morgan fingerprint density at radius 3 is 1.06 bits per heavy atom. The molecule has 0 saturated carbocycles. The van der Waals surface area contributed by atoms with Crippen LogP contribution < -0.4 is 9.97 Å². The maximum absolute atomic E-state index is 5.27. The molecule has 0 amide bonds. The van der Waals surface area contributed by atoms with Crippen LogP contribution in [0.5, 0.6) is 0 Å². The molecule has 3 aromatic heterocycles. The number of nitrogens with zero attached hydrogens (tertiary/aromatic N) is 4. The van der Waals surface area contributed by atoms with Crippen LogP contribution in [0.3, 0.4) is 0 Å². The molecule has 0 saturated heterocycles. The van der Waals surface area contributed by atoms with Crippen molar-refractivity contribution in [2.24, 2.45) is 0 Å². The quantitative estimate of drug-likeness (QED) is 0.163. The van der Waals surface area contributed by atoms with Gasteiger partial charge in [-0.1, -0.05) is 160 Å². The smallest absolute Gasteiger partial charge is 0.656 e. The van der Waals surface area contributed by atoms with E-state index < -0.39 is 0 Å². The second-order valence-corrected chi connectivity index (χ2v) is 19.5. The Bertz CT molecular complexity index is 2260. The Morgan fingerprint density at radius 1 is 0.426 bits per heavy atom. The van der Waals surface area contributed by atoms with Gasteiger partial charge >= 0.3 is 17.1 Å². The minimum atomic E-state index is -0.0325. The van der Waals surface area contributed by atoms with Gasteiger partial charge in [-0.05, 0) is 101 Å². The van der Waals surface area contributed by atoms with Crippen LogP contribution in [0.25, 0.3) is 68.6 Å². The van der Waals surface area contributed by atoms with Crippen molar-refractivity contribution >= 4 is 62.3 Å². The normalized spacial score (nSPS) is 13.4. The third-order valence-corrected chi connectivity index (χ3v) is 11.1. The first-order valence-electron chi connectivity index (χ1n) is 18.7. The summed E-state index contributed by atoms with van der Waals surface area (Å²) >= 11 is 3.94. The molecular formula is C48H51BrCuN4. The maximum atomic E-state index is 5.27. The molecule has 0 unspecified atom stereocenters. The molecule has 0 spiro atoms. The third-order valence-electron chi connectivity index (χ3n) is 10.3. The van der Waals surface area contributed by atoms with Crippen molar-refractivity contribution in [3.63, 3.8) is 0 Å². The van der Waals surface area contributed by atoms with Crippen LogP contribution in [0, 0.1) is 0 Å². The predicted octanol–water partition coefficient (Wildman–Crippen LogP) is 13.2. The first-order valence-corrected chi connectivity index (χ1v) is 19.5. The Kier molecular flexibility index (Phi) is 10.3. The summed E-state index contributed by atoms with van der Waals surface area (Å²) in [4.78, 5) is 21.0. The van der Waals surface area contributed by atoms with Gasteiger partial charge in [-0.3, -0.25) is 0 Å². The van der Waals surface area contributed by atoms with Gasteiger partial charge < -0.3 is 9.97 Å². The SMILES string of the molecule is CC(C)(C)c1cc(-c2c3nc(cc4nc(c(-c5cc(C(C)(C)C)cc(C(C)(C)C)c5)c5ccc([n-]5)c(Br)c5ccc2[n-]5)C=C4)C=C3)cc(C(C)(C)C)c1.[Cu+2]. The van der Waals surface area contributed by atoms with Crippen LogP contribution in [0.1, 0.15) is 128 Å². The van der Waals surface area contributed by atoms with Crippen molar-refractivity contribution in [3.05, 3.63) is 116 Å². The molecule has 4 nitrogen and oxygen atoms in total. The van der Waals surface area contributed by atoms with Gasteiger partial charge in [0.1, 0.15) is 0 Å². The minimum Gasteiger partial charge on any atom is -0.656 e. The summed E-state index contributed by atoms with van der Waals surface area (Å²) in [5, 5.41) is 0. The zero-order valence-corrected chi connectivity index (χ0v) is 36.2. The number of aromatic nitrogens is 4. The van der Waals surface area contributed by atoms with Crippen LogP contribution >= 0.6 is 15.9 Å². The molecule has 0 fully saturated rings. The van der Waals surface area contributed by atoms with E-state index in [2.05, 4.69) is 190 Å². The Morgan fingerprint density at radius 2 is 0.741 bits per heavy atom. The van der Waals surface area contributed by atoms with Crippen molar-refractivity contribution in [2.45, 2.75) is 105 Å². The second kappa shape index (κ2) is 14.0. The molecule has 5 heterocycles. The fraction of sp³-hybridized carbons (Fsp3) is 0.333. The largest absolute Gasteiger partial charge is 2.00 e. The monoisotopic (exact) mass is 825 g/mol.